The second kappa shape index (κ2) is 5.53. The van der Waals surface area contributed by atoms with Crippen LogP contribution in [-0.4, -0.2) is 32.1 Å². The number of ether oxygens (including phenoxy) is 1. The topological polar surface area (TPSA) is 114 Å². The van der Waals surface area contributed by atoms with Gasteiger partial charge in [0.2, 0.25) is 5.75 Å². The predicted molar refractivity (Wildman–Crippen MR) is 104 cm³/mol. The Labute approximate surface area is 157 Å². The number of phenolic OH excluding ortho intramolecular Hbond substituents is 2. The van der Waals surface area contributed by atoms with E-state index in [0.29, 0.717) is 38.8 Å². The molecule has 8 heteroatoms. The van der Waals surface area contributed by atoms with Crippen LogP contribution in [0.4, 0.5) is 0 Å². The van der Waals surface area contributed by atoms with Gasteiger partial charge in [0.25, 0.3) is 0 Å². The number of aromatic nitrogens is 3. The second-order valence-corrected chi connectivity index (χ2v) is 6.54. The summed E-state index contributed by atoms with van der Waals surface area (Å²) >= 11 is 0. The van der Waals surface area contributed by atoms with Crippen molar-refractivity contribution in [3.8, 4) is 28.4 Å². The number of hydrogen-bond acceptors (Lipinski definition) is 6. The van der Waals surface area contributed by atoms with Gasteiger partial charge in [0.05, 0.1) is 7.11 Å². The van der Waals surface area contributed by atoms with Crippen LogP contribution in [0.5, 0.6) is 17.2 Å². The van der Waals surface area contributed by atoms with E-state index in [9.17, 15) is 15.0 Å². The monoisotopic (exact) mass is 377 g/mol. The number of nitrogens with zero attached hydrogens (tertiary/aromatic N) is 2. The molecule has 0 bridgehead atoms. The standard InChI is InChI=1S/C20H15N3O5/c1-23-20-12(8-21-23)16(9-5-13(25)18(26)15(6-9)27-2)19-17(22-20)11-4-3-10(24)7-14(11)28-19/h3-8,21,25-26H,1-2H3. The Morgan fingerprint density at radius 1 is 1.18 bits per heavy atom. The minimum atomic E-state index is -0.340. The van der Waals surface area contributed by atoms with Crippen LogP contribution in [0.1, 0.15) is 0 Å². The molecule has 2 aromatic carbocycles. The maximum absolute atomic E-state index is 11.8. The molecule has 0 saturated carbocycles. The molecule has 5 rings (SSSR count). The maximum Gasteiger partial charge on any atom is 0.200 e. The largest absolute Gasteiger partial charge is 0.504 e. The quantitative estimate of drug-likeness (QED) is 0.407. The summed E-state index contributed by atoms with van der Waals surface area (Å²) in [7, 11) is 3.24. The number of rotatable bonds is 2. The van der Waals surface area contributed by atoms with E-state index in [0.717, 1.165) is 5.39 Å². The molecule has 0 spiro atoms. The third kappa shape index (κ3) is 2.11. The molecule has 140 valence electrons. The number of nitrogens with one attached hydrogen (secondary N) is 1. The van der Waals surface area contributed by atoms with Crippen LogP contribution >= 0.6 is 0 Å². The Morgan fingerprint density at radius 2 is 2.00 bits per heavy atom. The van der Waals surface area contributed by atoms with Gasteiger partial charge in [-0.1, -0.05) is 0 Å². The summed E-state index contributed by atoms with van der Waals surface area (Å²) in [4.78, 5) is 16.5. The predicted octanol–water partition coefficient (Wildman–Crippen LogP) is 3.25. The first kappa shape index (κ1) is 16.2. The normalized spacial score (nSPS) is 11.6. The van der Waals surface area contributed by atoms with Gasteiger partial charge in [0.1, 0.15) is 11.1 Å². The average molecular weight is 377 g/mol. The third-order valence-electron chi connectivity index (χ3n) is 4.87. The van der Waals surface area contributed by atoms with Crippen molar-refractivity contribution >= 4 is 33.1 Å². The Hall–Kier alpha value is -3.94. The molecule has 0 saturated heterocycles. The molecule has 3 N–H and O–H groups in total. The van der Waals surface area contributed by atoms with E-state index in [1.54, 1.807) is 23.0 Å². The fraction of sp³-hybridized carbons (Fsp3) is 0.100. The van der Waals surface area contributed by atoms with Crippen LogP contribution < -0.4 is 10.2 Å². The highest BCUT2D eigenvalue weighted by Crippen LogP contribution is 2.44. The zero-order chi connectivity index (χ0) is 19.6. The van der Waals surface area contributed by atoms with E-state index >= 15 is 0 Å². The number of aryl methyl sites for hydroxylation is 1. The molecule has 0 atom stereocenters. The van der Waals surface area contributed by atoms with E-state index in [1.165, 1.54) is 25.3 Å². The number of hydrogen-bond donors (Lipinski definition) is 3. The maximum atomic E-state index is 11.8. The molecule has 8 nitrogen and oxygen atoms in total. The molecular weight excluding hydrogens is 362 g/mol. The molecular formula is C20H15N3O5. The molecule has 0 amide bonds. The third-order valence-corrected chi connectivity index (χ3v) is 4.87. The van der Waals surface area contributed by atoms with Crippen molar-refractivity contribution in [2.75, 3.05) is 7.11 Å². The summed E-state index contributed by atoms with van der Waals surface area (Å²) in [5, 5.41) is 24.7. The highest BCUT2D eigenvalue weighted by atomic mass is 16.5. The van der Waals surface area contributed by atoms with Crippen molar-refractivity contribution in [2.45, 2.75) is 0 Å². The summed E-state index contributed by atoms with van der Waals surface area (Å²) in [5.74, 6) is -0.524. The number of methoxy groups -OCH3 is 1. The van der Waals surface area contributed by atoms with Crippen LogP contribution in [0, 0.1) is 0 Å². The molecule has 28 heavy (non-hydrogen) atoms. The van der Waals surface area contributed by atoms with Gasteiger partial charge in [-0.15, -0.1) is 0 Å². The van der Waals surface area contributed by atoms with Crippen LogP contribution in [-0.2, 0) is 7.05 Å². The number of benzene rings is 2. The van der Waals surface area contributed by atoms with Crippen LogP contribution in [0.15, 0.2) is 45.7 Å². The number of aromatic hydroxyl groups is 2. The Kier molecular flexibility index (Phi) is 3.21. The molecule has 0 fully saturated rings. The minimum Gasteiger partial charge on any atom is -0.504 e. The van der Waals surface area contributed by atoms with Gasteiger partial charge in [-0.3, -0.25) is 9.48 Å². The molecule has 3 heterocycles. The zero-order valence-electron chi connectivity index (χ0n) is 15.0. The molecule has 5 aromatic rings. The summed E-state index contributed by atoms with van der Waals surface area (Å²) in [6, 6.07) is 7.63. The number of pyridine rings is 1. The van der Waals surface area contributed by atoms with Crippen molar-refractivity contribution in [1.82, 2.24) is 14.8 Å². The van der Waals surface area contributed by atoms with Gasteiger partial charge >= 0.3 is 0 Å². The van der Waals surface area contributed by atoms with Gasteiger partial charge in [0, 0.05) is 35.6 Å². The number of H-pyrrole nitrogens is 1. The fourth-order valence-electron chi connectivity index (χ4n) is 3.54. The highest BCUT2D eigenvalue weighted by Gasteiger charge is 2.21. The number of aromatic amines is 1. The summed E-state index contributed by atoms with van der Waals surface area (Å²) in [5.41, 5.74) is 3.25. The number of fused-ring (bicyclic) bond motifs is 4. The van der Waals surface area contributed by atoms with Crippen LogP contribution in [0.3, 0.4) is 0 Å². The lowest BCUT2D eigenvalue weighted by atomic mass is 10.0. The Balaban J connectivity index is 2.00. The molecule has 0 aliphatic heterocycles. The van der Waals surface area contributed by atoms with Crippen molar-refractivity contribution in [3.63, 3.8) is 0 Å². The van der Waals surface area contributed by atoms with Crippen molar-refractivity contribution in [3.05, 3.63) is 46.8 Å². The zero-order valence-corrected chi connectivity index (χ0v) is 15.0. The Bertz CT molecular complexity index is 1460. The average Bonchev–Trinajstić information content (AvgIpc) is 3.22. The van der Waals surface area contributed by atoms with Crippen molar-refractivity contribution in [1.29, 1.82) is 0 Å². The van der Waals surface area contributed by atoms with Crippen molar-refractivity contribution < 1.29 is 19.4 Å². The molecule has 0 aliphatic rings. The van der Waals surface area contributed by atoms with Gasteiger partial charge in [0.15, 0.2) is 28.2 Å². The smallest absolute Gasteiger partial charge is 0.200 e. The molecule has 0 aliphatic carbocycles. The first-order valence-corrected chi connectivity index (χ1v) is 8.48. The van der Waals surface area contributed by atoms with Crippen LogP contribution in [0.2, 0.25) is 0 Å². The lowest BCUT2D eigenvalue weighted by molar-refractivity contribution is 0.351. The van der Waals surface area contributed by atoms with Gasteiger partial charge in [-0.2, -0.15) is 0 Å². The minimum absolute atomic E-state index is 0.131. The first-order valence-electron chi connectivity index (χ1n) is 8.48. The summed E-state index contributed by atoms with van der Waals surface area (Å²) in [6.45, 7) is 0. The first-order chi connectivity index (χ1) is 13.5. The number of furan rings is 1. The van der Waals surface area contributed by atoms with E-state index in [4.69, 9.17) is 14.1 Å². The van der Waals surface area contributed by atoms with Gasteiger partial charge < -0.3 is 24.5 Å². The second-order valence-electron chi connectivity index (χ2n) is 6.54. The lowest BCUT2D eigenvalue weighted by Gasteiger charge is -2.10. The van der Waals surface area contributed by atoms with E-state index in [2.05, 4.69) is 5.10 Å². The number of phenols is 2. The van der Waals surface area contributed by atoms with E-state index in [-0.39, 0.29) is 22.7 Å². The van der Waals surface area contributed by atoms with Crippen LogP contribution in [0.25, 0.3) is 44.2 Å². The molecule has 3 aromatic heterocycles. The molecule has 0 unspecified atom stereocenters. The molecule has 0 radical (unpaired) electrons. The lowest BCUT2D eigenvalue weighted by Crippen LogP contribution is -1.94. The SMILES string of the molecule is COc1cc(-c2c3c[nH]n(C)c3nc3c2oc2cc(=O)ccc23)cc(O)c1O. The van der Waals surface area contributed by atoms with Gasteiger partial charge in [-0.05, 0) is 29.8 Å². The van der Waals surface area contributed by atoms with E-state index < -0.39 is 0 Å². The summed E-state index contributed by atoms with van der Waals surface area (Å²) < 4.78 is 13.0. The van der Waals surface area contributed by atoms with E-state index in [1.807, 2.05) is 7.05 Å². The highest BCUT2D eigenvalue weighted by molar-refractivity contribution is 6.14. The Morgan fingerprint density at radius 3 is 2.79 bits per heavy atom. The van der Waals surface area contributed by atoms with Crippen molar-refractivity contribution in [2.24, 2.45) is 7.05 Å². The summed E-state index contributed by atoms with van der Waals surface area (Å²) in [6.07, 6.45) is 1.78. The van der Waals surface area contributed by atoms with Gasteiger partial charge in [-0.25, -0.2) is 4.98 Å². The fourth-order valence-corrected chi connectivity index (χ4v) is 3.54.